The average Bonchev–Trinajstić information content (AvgIpc) is 2.50. The van der Waals surface area contributed by atoms with Crippen molar-refractivity contribution in [1.29, 1.82) is 0 Å². The lowest BCUT2D eigenvalue weighted by molar-refractivity contribution is 0.415. The number of hydrogen-bond acceptors (Lipinski definition) is 5. The zero-order valence-corrected chi connectivity index (χ0v) is 14.1. The summed E-state index contributed by atoms with van der Waals surface area (Å²) in [7, 11) is 1.61. The lowest BCUT2D eigenvalue weighted by Crippen LogP contribution is -2.06. The summed E-state index contributed by atoms with van der Waals surface area (Å²) in [6.07, 6.45) is 2.70. The Morgan fingerprint density at radius 2 is 2.19 bits per heavy atom. The Labute approximate surface area is 137 Å². The van der Waals surface area contributed by atoms with Crippen molar-refractivity contribution in [3.8, 4) is 5.75 Å². The number of methoxy groups -OCH3 is 1. The molecule has 1 aromatic heterocycles. The Morgan fingerprint density at radius 3 is 2.90 bits per heavy atom. The van der Waals surface area contributed by atoms with Gasteiger partial charge in [0.2, 0.25) is 5.95 Å². The van der Waals surface area contributed by atoms with Crippen LogP contribution in [-0.2, 0) is 0 Å². The molecular formula is C14H16BrClN4O. The minimum Gasteiger partial charge on any atom is -0.497 e. The van der Waals surface area contributed by atoms with Gasteiger partial charge >= 0.3 is 0 Å². The lowest BCUT2D eigenvalue weighted by Gasteiger charge is -2.12. The van der Waals surface area contributed by atoms with Gasteiger partial charge in [-0.3, -0.25) is 0 Å². The third kappa shape index (κ3) is 4.22. The first-order valence-corrected chi connectivity index (χ1v) is 7.68. The van der Waals surface area contributed by atoms with Crippen molar-refractivity contribution in [1.82, 2.24) is 9.97 Å². The van der Waals surface area contributed by atoms with Crippen LogP contribution in [0.15, 0.2) is 28.9 Å². The first-order valence-electron chi connectivity index (χ1n) is 6.51. The van der Waals surface area contributed by atoms with Crippen molar-refractivity contribution in [2.75, 3.05) is 24.3 Å². The maximum Gasteiger partial charge on any atom is 0.224 e. The summed E-state index contributed by atoms with van der Waals surface area (Å²) < 4.78 is 5.95. The third-order valence-corrected chi connectivity index (χ3v) is 3.61. The molecule has 112 valence electrons. The Kier molecular flexibility index (Phi) is 5.64. The topological polar surface area (TPSA) is 59.1 Å². The molecule has 2 aromatic rings. The van der Waals surface area contributed by atoms with E-state index < -0.39 is 0 Å². The zero-order chi connectivity index (χ0) is 15.2. The molecule has 21 heavy (non-hydrogen) atoms. The van der Waals surface area contributed by atoms with Gasteiger partial charge in [-0.15, -0.1) is 0 Å². The van der Waals surface area contributed by atoms with Crippen LogP contribution in [0.5, 0.6) is 5.75 Å². The molecule has 2 rings (SSSR count). The van der Waals surface area contributed by atoms with E-state index in [9.17, 15) is 0 Å². The number of ether oxygens (including phenoxy) is 1. The van der Waals surface area contributed by atoms with Gasteiger partial charge in [-0.05, 0) is 34.5 Å². The molecule has 0 bridgehead atoms. The van der Waals surface area contributed by atoms with Gasteiger partial charge in [0.1, 0.15) is 11.6 Å². The number of benzene rings is 1. The van der Waals surface area contributed by atoms with Crippen LogP contribution in [-0.4, -0.2) is 23.6 Å². The second kappa shape index (κ2) is 7.47. The maximum absolute atomic E-state index is 6.19. The number of nitrogens with one attached hydrogen (secondary N) is 2. The van der Waals surface area contributed by atoms with Gasteiger partial charge in [0, 0.05) is 18.8 Å². The Balaban J connectivity index is 2.26. The molecule has 5 nitrogen and oxygen atoms in total. The average molecular weight is 372 g/mol. The molecule has 0 aliphatic heterocycles. The van der Waals surface area contributed by atoms with Gasteiger partial charge in [0.15, 0.2) is 0 Å². The minimum atomic E-state index is 0.571. The summed E-state index contributed by atoms with van der Waals surface area (Å²) >= 11 is 9.61. The van der Waals surface area contributed by atoms with E-state index in [1.54, 1.807) is 25.4 Å². The Morgan fingerprint density at radius 1 is 1.38 bits per heavy atom. The summed E-state index contributed by atoms with van der Waals surface area (Å²) in [6, 6.07) is 5.39. The molecule has 7 heteroatoms. The fourth-order valence-corrected chi connectivity index (χ4v) is 2.09. The molecule has 1 aromatic carbocycles. The van der Waals surface area contributed by atoms with Gasteiger partial charge in [-0.2, -0.15) is 4.98 Å². The van der Waals surface area contributed by atoms with Crippen LogP contribution >= 0.6 is 27.5 Å². The van der Waals surface area contributed by atoms with Crippen LogP contribution in [0.3, 0.4) is 0 Å². The number of halogens is 2. The predicted molar refractivity (Wildman–Crippen MR) is 89.8 cm³/mol. The van der Waals surface area contributed by atoms with Crippen molar-refractivity contribution < 1.29 is 4.74 Å². The maximum atomic E-state index is 6.19. The SMILES string of the molecule is CCCNc1ncc(Br)c(Nc2cc(OC)ccc2Cl)n1. The standard InChI is InChI=1S/C14H16BrClN4O/c1-3-6-17-14-18-8-10(15)13(20-14)19-12-7-9(21-2)4-5-11(12)16/h4-5,7-8H,3,6H2,1-2H3,(H2,17,18,19,20). The van der Waals surface area contributed by atoms with Crippen molar-refractivity contribution in [3.05, 3.63) is 33.9 Å². The first-order chi connectivity index (χ1) is 10.1. The normalized spacial score (nSPS) is 10.3. The highest BCUT2D eigenvalue weighted by Crippen LogP contribution is 2.31. The quantitative estimate of drug-likeness (QED) is 0.784. The van der Waals surface area contributed by atoms with Gasteiger partial charge in [0.05, 0.1) is 22.3 Å². The highest BCUT2D eigenvalue weighted by molar-refractivity contribution is 9.10. The van der Waals surface area contributed by atoms with Gasteiger partial charge in [-0.1, -0.05) is 18.5 Å². The van der Waals surface area contributed by atoms with Crippen LogP contribution in [0.4, 0.5) is 17.5 Å². The largest absolute Gasteiger partial charge is 0.497 e. The molecule has 1 heterocycles. The fourth-order valence-electron chi connectivity index (χ4n) is 1.63. The molecule has 0 saturated heterocycles. The van der Waals surface area contributed by atoms with E-state index in [1.165, 1.54) is 0 Å². The monoisotopic (exact) mass is 370 g/mol. The van der Waals surface area contributed by atoms with Crippen molar-refractivity contribution in [2.45, 2.75) is 13.3 Å². The minimum absolute atomic E-state index is 0.571. The summed E-state index contributed by atoms with van der Waals surface area (Å²) in [5, 5.41) is 6.91. The molecule has 0 spiro atoms. The summed E-state index contributed by atoms with van der Waals surface area (Å²) in [6.45, 7) is 2.90. The molecule has 0 aliphatic carbocycles. The van der Waals surface area contributed by atoms with E-state index in [-0.39, 0.29) is 0 Å². The van der Waals surface area contributed by atoms with Gasteiger partial charge in [0.25, 0.3) is 0 Å². The van der Waals surface area contributed by atoms with E-state index >= 15 is 0 Å². The third-order valence-electron chi connectivity index (χ3n) is 2.70. The molecular weight excluding hydrogens is 356 g/mol. The second-order valence-electron chi connectivity index (χ2n) is 4.29. The second-order valence-corrected chi connectivity index (χ2v) is 5.55. The number of nitrogens with zero attached hydrogens (tertiary/aromatic N) is 2. The highest BCUT2D eigenvalue weighted by atomic mass is 79.9. The van der Waals surface area contributed by atoms with E-state index in [1.807, 2.05) is 6.07 Å². The molecule has 0 atom stereocenters. The van der Waals surface area contributed by atoms with E-state index in [4.69, 9.17) is 16.3 Å². The van der Waals surface area contributed by atoms with Crippen LogP contribution in [0.2, 0.25) is 5.02 Å². The molecule has 0 unspecified atom stereocenters. The molecule has 0 radical (unpaired) electrons. The fraction of sp³-hybridized carbons (Fsp3) is 0.286. The smallest absolute Gasteiger partial charge is 0.224 e. The zero-order valence-electron chi connectivity index (χ0n) is 11.8. The summed E-state index contributed by atoms with van der Waals surface area (Å²) in [4.78, 5) is 8.63. The van der Waals surface area contributed by atoms with Crippen LogP contribution in [0, 0.1) is 0 Å². The van der Waals surface area contributed by atoms with E-state index in [0.717, 1.165) is 28.9 Å². The highest BCUT2D eigenvalue weighted by Gasteiger charge is 2.08. The predicted octanol–water partition coefficient (Wildman–Crippen LogP) is 4.47. The number of rotatable bonds is 6. The number of anilines is 3. The van der Waals surface area contributed by atoms with Gasteiger partial charge in [-0.25, -0.2) is 4.98 Å². The first kappa shape index (κ1) is 15.9. The van der Waals surface area contributed by atoms with Crippen molar-refractivity contribution in [2.24, 2.45) is 0 Å². The van der Waals surface area contributed by atoms with Crippen LogP contribution < -0.4 is 15.4 Å². The van der Waals surface area contributed by atoms with Crippen molar-refractivity contribution >= 4 is 45.0 Å². The van der Waals surface area contributed by atoms with Crippen LogP contribution in [0.25, 0.3) is 0 Å². The Bertz CT molecular complexity index is 624. The molecule has 0 saturated carbocycles. The van der Waals surface area contributed by atoms with Crippen LogP contribution in [0.1, 0.15) is 13.3 Å². The number of aromatic nitrogens is 2. The van der Waals surface area contributed by atoms with Gasteiger partial charge < -0.3 is 15.4 Å². The molecule has 2 N–H and O–H groups in total. The van der Waals surface area contributed by atoms with E-state index in [2.05, 4.69) is 43.5 Å². The number of hydrogen-bond donors (Lipinski definition) is 2. The summed E-state index contributed by atoms with van der Waals surface area (Å²) in [5.41, 5.74) is 0.719. The van der Waals surface area contributed by atoms with E-state index in [0.29, 0.717) is 16.8 Å². The summed E-state index contributed by atoms with van der Waals surface area (Å²) in [5.74, 6) is 1.93. The molecule has 0 amide bonds. The van der Waals surface area contributed by atoms with Crippen molar-refractivity contribution in [3.63, 3.8) is 0 Å². The lowest BCUT2D eigenvalue weighted by atomic mass is 10.3. The molecule has 0 aliphatic rings. The molecule has 0 fully saturated rings. The Hall–Kier alpha value is -1.53.